The van der Waals surface area contributed by atoms with E-state index in [2.05, 4.69) is 101 Å². The number of benzene rings is 4. The van der Waals surface area contributed by atoms with E-state index in [1.165, 1.54) is 25.8 Å². The fourth-order valence-electron chi connectivity index (χ4n) is 6.34. The van der Waals surface area contributed by atoms with E-state index in [0.717, 1.165) is 67.4 Å². The zero-order valence-corrected chi connectivity index (χ0v) is 39.9. The summed E-state index contributed by atoms with van der Waals surface area (Å²) >= 11 is 16.5. The molecule has 20 heteroatoms. The highest BCUT2D eigenvalue weighted by molar-refractivity contribution is 6.31. The van der Waals surface area contributed by atoms with Crippen LogP contribution in [0.4, 0.5) is 34.4 Å². The molecule has 0 saturated heterocycles. The summed E-state index contributed by atoms with van der Waals surface area (Å²) in [6, 6.07) is 30.0. The lowest BCUT2D eigenvalue weighted by atomic mass is 10.1. The first kappa shape index (κ1) is 52.2. The number of fused-ring (bicyclic) bond motifs is 3. The van der Waals surface area contributed by atoms with Gasteiger partial charge in [-0.2, -0.15) is 0 Å². The quantitative estimate of drug-likeness (QED) is 0.0343. The number of nitrogens with one attached hydrogen (secondary N) is 5. The molecule has 0 amide bonds. The van der Waals surface area contributed by atoms with E-state index in [4.69, 9.17) is 47.1 Å². The van der Waals surface area contributed by atoms with Gasteiger partial charge in [-0.15, -0.1) is 0 Å². The number of imidazole rings is 3. The molecule has 17 nitrogen and oxygen atoms in total. The highest BCUT2D eigenvalue weighted by Gasteiger charge is 2.05. The van der Waals surface area contributed by atoms with E-state index in [1.807, 2.05) is 85.8 Å². The Kier molecular flexibility index (Phi) is 20.1. The van der Waals surface area contributed by atoms with Crippen molar-refractivity contribution in [3.05, 3.63) is 173 Å². The van der Waals surface area contributed by atoms with Crippen LogP contribution in [0.25, 0.3) is 37.9 Å². The Morgan fingerprint density at radius 2 is 1.20 bits per heavy atom. The summed E-state index contributed by atoms with van der Waals surface area (Å²) in [5, 5.41) is 7.19. The van der Waals surface area contributed by atoms with Crippen LogP contribution in [0.5, 0.6) is 0 Å². The maximum Gasteiger partial charge on any atom is 0.224 e. The van der Waals surface area contributed by atoms with Gasteiger partial charge in [-0.3, -0.25) is 0 Å². The average molecular weight is 985 g/mol. The second-order valence-corrected chi connectivity index (χ2v) is 15.5. The van der Waals surface area contributed by atoms with Crippen LogP contribution in [0.3, 0.4) is 0 Å². The lowest BCUT2D eigenvalue weighted by Crippen LogP contribution is -2.21. The molecule has 354 valence electrons. The van der Waals surface area contributed by atoms with E-state index < -0.39 is 0 Å². The van der Waals surface area contributed by atoms with Crippen molar-refractivity contribution in [1.29, 1.82) is 0 Å². The normalized spacial score (nSPS) is 10.2. The van der Waals surface area contributed by atoms with Crippen molar-refractivity contribution < 1.29 is 0 Å². The molecule has 4 aromatic carbocycles. The number of nitrogens with zero attached hydrogens (tertiary/aromatic N) is 11. The minimum atomic E-state index is 0. The van der Waals surface area contributed by atoms with E-state index >= 15 is 0 Å². The van der Waals surface area contributed by atoms with Crippen molar-refractivity contribution in [3.63, 3.8) is 0 Å². The molecule has 0 saturated carbocycles. The van der Waals surface area contributed by atoms with Gasteiger partial charge in [0.05, 0.1) is 52.3 Å². The Bertz CT molecular complexity index is 3170. The van der Waals surface area contributed by atoms with Gasteiger partial charge in [0.25, 0.3) is 0 Å². The Balaban J connectivity index is 0.000000175. The predicted molar refractivity (Wildman–Crippen MR) is 281 cm³/mol. The maximum atomic E-state index is 7.10. The van der Waals surface area contributed by atoms with Crippen LogP contribution < -0.4 is 16.4 Å². The first-order valence-electron chi connectivity index (χ1n) is 21.3. The van der Waals surface area contributed by atoms with Crippen LogP contribution in [0.2, 0.25) is 15.7 Å². The summed E-state index contributed by atoms with van der Waals surface area (Å²) in [6.45, 7) is 19.2. The number of hydrogen-bond acceptors (Lipinski definition) is 13. The predicted octanol–water partition coefficient (Wildman–Crippen LogP) is 12.2. The lowest BCUT2D eigenvalue weighted by Gasteiger charge is -2.13. The van der Waals surface area contributed by atoms with Gasteiger partial charge in [0.15, 0.2) is 5.69 Å². The second kappa shape index (κ2) is 26.6. The molecule has 0 atom stereocenters. The summed E-state index contributed by atoms with van der Waals surface area (Å²) in [6.07, 6.45) is 8.76. The van der Waals surface area contributed by atoms with Crippen LogP contribution in [0.15, 0.2) is 128 Å². The van der Waals surface area contributed by atoms with Crippen molar-refractivity contribution in [2.24, 2.45) is 0 Å². The fourth-order valence-corrected chi connectivity index (χ4v) is 6.81. The third-order valence-electron chi connectivity index (χ3n) is 9.68. The molecule has 0 aliphatic carbocycles. The zero-order valence-electron chi connectivity index (χ0n) is 37.6. The van der Waals surface area contributed by atoms with Crippen LogP contribution in [0, 0.1) is 13.5 Å². The number of aromatic nitrogens is 12. The molecule has 69 heavy (non-hydrogen) atoms. The van der Waals surface area contributed by atoms with Crippen molar-refractivity contribution in [1.82, 2.24) is 64.7 Å². The van der Waals surface area contributed by atoms with Gasteiger partial charge in [0.2, 0.25) is 10.6 Å². The van der Waals surface area contributed by atoms with Gasteiger partial charge in [0.1, 0.15) is 28.4 Å². The monoisotopic (exact) mass is 983 g/mol. The Hall–Kier alpha value is -7.75. The molecular formula is C49H52Cl3N17. The molecule has 7 N–H and O–H groups in total. The number of aromatic amines is 3. The summed E-state index contributed by atoms with van der Waals surface area (Å²) in [4.78, 5) is 51.7. The van der Waals surface area contributed by atoms with E-state index in [9.17, 15) is 0 Å². The number of H-pyrrole nitrogens is 3. The third-order valence-corrected chi connectivity index (χ3v) is 10.3. The van der Waals surface area contributed by atoms with Gasteiger partial charge >= 0.3 is 0 Å². The summed E-state index contributed by atoms with van der Waals surface area (Å²) in [5.74, 6) is 3.01. The summed E-state index contributed by atoms with van der Waals surface area (Å²) in [5.41, 5.74) is 15.6. The van der Waals surface area contributed by atoms with Gasteiger partial charge in [0, 0.05) is 42.1 Å². The Morgan fingerprint density at radius 1 is 0.623 bits per heavy atom. The van der Waals surface area contributed by atoms with Gasteiger partial charge in [-0.25, -0.2) is 49.7 Å². The number of hydrogen-bond donors (Lipinski definition) is 6. The van der Waals surface area contributed by atoms with Crippen LogP contribution in [0.1, 0.15) is 45.4 Å². The number of nitrogens with two attached hydrogens (primary N) is 1. The van der Waals surface area contributed by atoms with Gasteiger partial charge in [-0.05, 0) is 123 Å². The Morgan fingerprint density at radius 3 is 1.75 bits per heavy atom. The summed E-state index contributed by atoms with van der Waals surface area (Å²) in [7, 11) is 0. The van der Waals surface area contributed by atoms with Crippen molar-refractivity contribution >= 4 is 102 Å². The van der Waals surface area contributed by atoms with Crippen molar-refractivity contribution in [2.45, 2.75) is 41.5 Å². The molecule has 10 rings (SSSR count). The number of nitrogen functional groups attached to an aromatic ring is 1. The minimum Gasteiger partial charge on any atom is -0.399 e. The Labute approximate surface area is 415 Å². The smallest absolute Gasteiger partial charge is 0.224 e. The second-order valence-electron chi connectivity index (χ2n) is 14.4. The number of anilines is 5. The standard InChI is InChI=1S/C19H14N6.C11H8ClN5.C8H9N3.C6H15N.C4H2Cl2N2.CH4/c1-20-14-4-2-3-13(9-14)10-19-21-8-7-18(25-19)24-15-5-6-16-17(11-15)23-12-22-16;12-11-13-4-3-10(17-11)16-7-1-2-8-9(5-7)15-6-14-8;1-5-10-7-3-2-6(9)4-8(7)11-5;1-4-7(5-2)6-3;5-3-1-2-7-4(6)8-3;/h2-9,11-12H,10H2,(H,22,23)(H,21,24,25);1-6H,(H,14,15)(H,13,16,17);2-4H,9H2,1H3,(H,10,11);4-6H2,1-3H3;1-2H;1H4. The molecule has 0 radical (unpaired) electrons. The third kappa shape index (κ3) is 16.5. The topological polar surface area (TPSA) is 221 Å². The average Bonchev–Trinajstić information content (AvgIpc) is 4.10. The molecule has 0 unspecified atom stereocenters. The zero-order chi connectivity index (χ0) is 48.3. The molecular weight excluding hydrogens is 933 g/mol. The SMILES string of the molecule is C.CCN(CC)CC.Cc1nc2ccc(N)cc2[nH]1.Clc1ccnc(Cl)n1.Clc1nccc(Nc2ccc3nc[nH]c3c2)n1.[C-]#[N+]c1cccc(Cc2nccc(Nc3ccc4nc[nH]c4c3)n2)c1. The van der Waals surface area contributed by atoms with Gasteiger partial charge < -0.3 is 36.2 Å². The van der Waals surface area contributed by atoms with E-state index in [-0.39, 0.29) is 18.0 Å². The largest absolute Gasteiger partial charge is 0.399 e. The van der Waals surface area contributed by atoms with E-state index in [0.29, 0.717) is 28.9 Å². The van der Waals surface area contributed by atoms with Crippen LogP contribution >= 0.6 is 34.8 Å². The molecule has 0 fully saturated rings. The highest BCUT2D eigenvalue weighted by Crippen LogP contribution is 2.22. The van der Waals surface area contributed by atoms with Gasteiger partial charge in [-0.1, -0.05) is 69.6 Å². The number of halogens is 3. The molecule has 0 bridgehead atoms. The first-order valence-corrected chi connectivity index (χ1v) is 22.4. The molecule has 10 aromatic rings. The number of rotatable bonds is 9. The maximum absolute atomic E-state index is 7.10. The molecule has 6 aromatic heterocycles. The molecule has 0 spiro atoms. The van der Waals surface area contributed by atoms with Crippen LogP contribution in [-0.2, 0) is 6.42 Å². The van der Waals surface area contributed by atoms with Crippen molar-refractivity contribution in [3.8, 4) is 0 Å². The molecule has 6 heterocycles. The van der Waals surface area contributed by atoms with E-state index in [1.54, 1.807) is 43.2 Å². The lowest BCUT2D eigenvalue weighted by molar-refractivity contribution is 0.321. The minimum absolute atomic E-state index is 0. The van der Waals surface area contributed by atoms with Crippen molar-refractivity contribution in [2.75, 3.05) is 36.0 Å². The first-order chi connectivity index (χ1) is 33.0. The fraction of sp³-hybridized carbons (Fsp3) is 0.184. The molecule has 0 aliphatic heterocycles. The number of aryl methyl sites for hydroxylation is 1. The molecule has 0 aliphatic rings. The highest BCUT2D eigenvalue weighted by atomic mass is 35.5. The summed E-state index contributed by atoms with van der Waals surface area (Å²) < 4.78 is 0. The van der Waals surface area contributed by atoms with Crippen LogP contribution in [-0.4, -0.2) is 84.3 Å².